The molecule has 0 radical (unpaired) electrons. The van der Waals surface area contributed by atoms with Gasteiger partial charge in [-0.3, -0.25) is 0 Å². The zero-order valence-electron chi connectivity index (χ0n) is 22.9. The van der Waals surface area contributed by atoms with Gasteiger partial charge in [0.05, 0.1) is 39.6 Å². The predicted octanol–water partition coefficient (Wildman–Crippen LogP) is 5.28. The molecule has 0 aliphatic carbocycles. The van der Waals surface area contributed by atoms with Crippen molar-refractivity contribution in [2.24, 2.45) is 0 Å². The molecule has 0 saturated heterocycles. The topological polar surface area (TPSA) is 64.6 Å². The molecule has 4 aromatic carbocycles. The van der Waals surface area contributed by atoms with Crippen LogP contribution in [-0.4, -0.2) is 66.1 Å². The summed E-state index contributed by atoms with van der Waals surface area (Å²) in [5.74, 6) is 14.6. The molecule has 1 heterocycles. The van der Waals surface area contributed by atoms with Gasteiger partial charge in [-0.25, -0.2) is 0 Å². The molecule has 210 valence electrons. The fraction of sp³-hybridized carbons (Fsp3) is 0.294. The lowest BCUT2D eigenvalue weighted by molar-refractivity contribution is 0.00512. The van der Waals surface area contributed by atoms with E-state index in [1.165, 1.54) is 0 Å². The summed E-state index contributed by atoms with van der Waals surface area (Å²) in [6.07, 6.45) is 0. The van der Waals surface area contributed by atoms with E-state index >= 15 is 0 Å². The van der Waals surface area contributed by atoms with Gasteiger partial charge in [0.25, 0.3) is 0 Å². The average molecular weight is 553 g/mol. The van der Waals surface area contributed by atoms with E-state index in [1.807, 2.05) is 72.8 Å². The number of ether oxygens (including phenoxy) is 7. The quantitative estimate of drug-likeness (QED) is 0.275. The Morgan fingerprint density at radius 2 is 0.683 bits per heavy atom. The van der Waals surface area contributed by atoms with Crippen LogP contribution in [0.4, 0.5) is 0 Å². The second kappa shape index (κ2) is 15.4. The molecule has 0 spiro atoms. The maximum absolute atomic E-state index is 5.98. The molecule has 0 unspecified atom stereocenters. The zero-order chi connectivity index (χ0) is 28.0. The van der Waals surface area contributed by atoms with Crippen LogP contribution in [0.25, 0.3) is 21.5 Å². The maximum Gasteiger partial charge on any atom is 0.150 e. The van der Waals surface area contributed by atoms with Gasteiger partial charge in [0.1, 0.15) is 49.4 Å². The lowest BCUT2D eigenvalue weighted by Gasteiger charge is -2.12. The van der Waals surface area contributed by atoms with Gasteiger partial charge in [-0.05, 0) is 47.9 Å². The molecular formula is C34H32O7. The molecule has 1 aliphatic heterocycles. The molecule has 0 N–H and O–H groups in total. The van der Waals surface area contributed by atoms with Crippen LogP contribution in [-0.2, 0) is 14.2 Å². The van der Waals surface area contributed by atoms with Crippen molar-refractivity contribution in [3.63, 3.8) is 0 Å². The molecule has 1 aliphatic rings. The molecule has 0 atom stereocenters. The highest BCUT2D eigenvalue weighted by Gasteiger charge is 2.08. The average Bonchev–Trinajstić information content (AvgIpc) is 3.00. The van der Waals surface area contributed by atoms with Crippen molar-refractivity contribution in [1.82, 2.24) is 0 Å². The lowest BCUT2D eigenvalue weighted by Crippen LogP contribution is -2.14. The molecular weight excluding hydrogens is 520 g/mol. The Hall–Kier alpha value is -4.40. The van der Waals surface area contributed by atoms with Crippen molar-refractivity contribution < 1.29 is 33.2 Å². The first-order chi connectivity index (χ1) is 20.4. The van der Waals surface area contributed by atoms with Crippen LogP contribution in [0.15, 0.2) is 72.8 Å². The third kappa shape index (κ3) is 8.06. The summed E-state index contributed by atoms with van der Waals surface area (Å²) >= 11 is 0. The summed E-state index contributed by atoms with van der Waals surface area (Å²) < 4.78 is 40.7. The maximum atomic E-state index is 5.98. The minimum absolute atomic E-state index is 0.215. The van der Waals surface area contributed by atoms with Gasteiger partial charge in [-0.1, -0.05) is 48.5 Å². The highest BCUT2D eigenvalue weighted by Crippen LogP contribution is 2.33. The first-order valence-corrected chi connectivity index (χ1v) is 13.6. The van der Waals surface area contributed by atoms with Crippen molar-refractivity contribution in [3.8, 4) is 46.7 Å². The Morgan fingerprint density at radius 1 is 0.366 bits per heavy atom. The molecule has 0 aromatic heterocycles. The second-order valence-corrected chi connectivity index (χ2v) is 8.93. The van der Waals surface area contributed by atoms with Gasteiger partial charge in [0.2, 0.25) is 0 Å². The van der Waals surface area contributed by atoms with Crippen molar-refractivity contribution in [2.45, 2.75) is 0 Å². The normalized spacial score (nSPS) is 15.8. The highest BCUT2D eigenvalue weighted by atomic mass is 16.6. The van der Waals surface area contributed by atoms with E-state index in [0.717, 1.165) is 44.5 Å². The van der Waals surface area contributed by atoms with E-state index in [9.17, 15) is 0 Å². The molecule has 8 bridgehead atoms. The van der Waals surface area contributed by atoms with Gasteiger partial charge in [0.15, 0.2) is 0 Å². The van der Waals surface area contributed by atoms with Gasteiger partial charge in [-0.15, -0.1) is 0 Å². The molecule has 7 heteroatoms. The Kier molecular flexibility index (Phi) is 10.6. The molecule has 7 nitrogen and oxygen atoms in total. The summed E-state index contributed by atoms with van der Waals surface area (Å²) in [4.78, 5) is 0. The van der Waals surface area contributed by atoms with Crippen molar-refractivity contribution >= 4 is 21.5 Å². The van der Waals surface area contributed by atoms with Gasteiger partial charge < -0.3 is 33.2 Å². The van der Waals surface area contributed by atoms with Crippen LogP contribution in [0, 0.1) is 23.7 Å². The van der Waals surface area contributed by atoms with Crippen LogP contribution >= 0.6 is 0 Å². The van der Waals surface area contributed by atoms with E-state index in [2.05, 4.69) is 23.7 Å². The Balaban J connectivity index is 1.26. The highest BCUT2D eigenvalue weighted by molar-refractivity contribution is 5.93. The summed E-state index contributed by atoms with van der Waals surface area (Å²) in [6, 6.07) is 23.5. The fourth-order valence-corrected chi connectivity index (χ4v) is 4.36. The zero-order valence-corrected chi connectivity index (χ0v) is 22.9. The third-order valence-electron chi connectivity index (χ3n) is 6.24. The SMILES string of the molecule is C1#CCOc2cccc3c(cccc23)OCCOCCOCCOCCOc2cccc3c(cccc23)OCC#C1. The van der Waals surface area contributed by atoms with E-state index < -0.39 is 0 Å². The van der Waals surface area contributed by atoms with Gasteiger partial charge in [0, 0.05) is 21.5 Å². The standard InChI is InChI=1S/C34H32O7/c1-2-4-18-39-32-14-6-12-30-28(32)10-8-16-34(30)41-26-24-37-22-20-35-19-21-36-23-25-40-33-15-7-9-27-29(33)11-5-13-31(27)38-17-3-1/h5-16H,17-26H2. The third-order valence-corrected chi connectivity index (χ3v) is 6.24. The Morgan fingerprint density at radius 3 is 1.05 bits per heavy atom. The van der Waals surface area contributed by atoms with Gasteiger partial charge in [-0.2, -0.15) is 0 Å². The van der Waals surface area contributed by atoms with Crippen molar-refractivity contribution in [3.05, 3.63) is 72.8 Å². The van der Waals surface area contributed by atoms with E-state index in [1.54, 1.807) is 0 Å². The molecule has 0 amide bonds. The first-order valence-electron chi connectivity index (χ1n) is 13.6. The summed E-state index contributed by atoms with van der Waals surface area (Å²) in [6.45, 7) is 4.15. The van der Waals surface area contributed by atoms with Crippen LogP contribution in [0.1, 0.15) is 0 Å². The van der Waals surface area contributed by atoms with E-state index in [4.69, 9.17) is 33.2 Å². The van der Waals surface area contributed by atoms with Gasteiger partial charge >= 0.3 is 0 Å². The van der Waals surface area contributed by atoms with Crippen LogP contribution in [0.5, 0.6) is 23.0 Å². The number of rotatable bonds is 0. The second-order valence-electron chi connectivity index (χ2n) is 8.93. The minimum atomic E-state index is 0.215. The summed E-state index contributed by atoms with van der Waals surface area (Å²) in [7, 11) is 0. The van der Waals surface area contributed by atoms with Crippen LogP contribution < -0.4 is 18.9 Å². The molecule has 0 fully saturated rings. The monoisotopic (exact) mass is 552 g/mol. The largest absolute Gasteiger partial charge is 0.491 e. The first kappa shape index (κ1) is 28.1. The van der Waals surface area contributed by atoms with Crippen molar-refractivity contribution in [1.29, 1.82) is 0 Å². The fourth-order valence-electron chi connectivity index (χ4n) is 4.36. The Labute approximate surface area is 240 Å². The van der Waals surface area contributed by atoms with Crippen molar-refractivity contribution in [2.75, 3.05) is 66.1 Å². The lowest BCUT2D eigenvalue weighted by atomic mass is 10.1. The predicted molar refractivity (Wildman–Crippen MR) is 158 cm³/mol. The number of benzene rings is 4. The molecule has 41 heavy (non-hydrogen) atoms. The number of hydrogen-bond acceptors (Lipinski definition) is 7. The Bertz CT molecular complexity index is 1440. The smallest absolute Gasteiger partial charge is 0.150 e. The van der Waals surface area contributed by atoms with E-state index in [-0.39, 0.29) is 13.2 Å². The summed E-state index contributed by atoms with van der Waals surface area (Å²) in [5.41, 5.74) is 0. The van der Waals surface area contributed by atoms with E-state index in [0.29, 0.717) is 52.9 Å². The number of hydrogen-bond donors (Lipinski definition) is 0. The molecule has 4 aromatic rings. The van der Waals surface area contributed by atoms with Crippen LogP contribution in [0.3, 0.4) is 0 Å². The molecule has 5 rings (SSSR count). The van der Waals surface area contributed by atoms with Crippen LogP contribution in [0.2, 0.25) is 0 Å². The molecule has 0 saturated carbocycles. The summed E-state index contributed by atoms with van der Waals surface area (Å²) in [5, 5.41) is 3.84. The minimum Gasteiger partial charge on any atom is -0.491 e.